The molecule has 0 amide bonds. The van der Waals surface area contributed by atoms with Gasteiger partial charge in [-0.05, 0) is 25.0 Å². The molecule has 2 nitrogen and oxygen atoms in total. The third kappa shape index (κ3) is 1.58. The van der Waals surface area contributed by atoms with Crippen molar-refractivity contribution >= 4 is 22.5 Å². The van der Waals surface area contributed by atoms with E-state index in [4.69, 9.17) is 11.6 Å². The van der Waals surface area contributed by atoms with Gasteiger partial charge in [0.15, 0.2) is 0 Å². The highest BCUT2D eigenvalue weighted by Crippen LogP contribution is 2.18. The van der Waals surface area contributed by atoms with Crippen molar-refractivity contribution in [2.75, 3.05) is 0 Å². The Balaban J connectivity index is 2.73. The molecule has 2 heterocycles. The van der Waals surface area contributed by atoms with Crippen LogP contribution in [0.1, 0.15) is 18.2 Å². The molecule has 0 saturated carbocycles. The first-order valence-electron chi connectivity index (χ1n) is 4.62. The summed E-state index contributed by atoms with van der Waals surface area (Å²) >= 11 is 5.80. The summed E-state index contributed by atoms with van der Waals surface area (Å²) in [6, 6.07) is 3.90. The molecule has 0 aliphatic rings. The van der Waals surface area contributed by atoms with Gasteiger partial charge in [0.25, 0.3) is 0 Å². The van der Waals surface area contributed by atoms with E-state index < -0.39 is 0 Å². The number of rotatable bonds is 1. The van der Waals surface area contributed by atoms with Crippen LogP contribution < -0.4 is 0 Å². The molecule has 2 aromatic rings. The SMILES string of the molecule is CCc1nc2cc(Cl)ncc2cc1C. The second-order valence-corrected chi connectivity index (χ2v) is 3.69. The van der Waals surface area contributed by atoms with E-state index in [2.05, 4.69) is 29.9 Å². The highest BCUT2D eigenvalue weighted by molar-refractivity contribution is 6.29. The summed E-state index contributed by atoms with van der Waals surface area (Å²) < 4.78 is 0. The predicted octanol–water partition coefficient (Wildman–Crippen LogP) is 3.15. The fourth-order valence-electron chi connectivity index (χ4n) is 1.55. The molecule has 0 aliphatic heterocycles. The quantitative estimate of drug-likeness (QED) is 0.670. The average molecular weight is 207 g/mol. The molecule has 0 atom stereocenters. The molecule has 0 aromatic carbocycles. The fourth-order valence-corrected chi connectivity index (χ4v) is 1.70. The summed E-state index contributed by atoms with van der Waals surface area (Å²) in [6.45, 7) is 4.17. The molecule has 0 N–H and O–H groups in total. The van der Waals surface area contributed by atoms with Crippen molar-refractivity contribution in [3.05, 3.63) is 34.7 Å². The van der Waals surface area contributed by atoms with Gasteiger partial charge in [0.05, 0.1) is 5.52 Å². The Bertz CT molecular complexity index is 480. The first-order chi connectivity index (χ1) is 6.70. The summed E-state index contributed by atoms with van der Waals surface area (Å²) in [5, 5.41) is 1.54. The van der Waals surface area contributed by atoms with Crippen LogP contribution in [0.4, 0.5) is 0 Å². The van der Waals surface area contributed by atoms with Crippen molar-refractivity contribution in [3.8, 4) is 0 Å². The summed E-state index contributed by atoms with van der Waals surface area (Å²) in [5.74, 6) is 0. The van der Waals surface area contributed by atoms with E-state index in [1.165, 1.54) is 5.56 Å². The lowest BCUT2D eigenvalue weighted by molar-refractivity contribution is 1.03. The van der Waals surface area contributed by atoms with Crippen LogP contribution in [0, 0.1) is 6.92 Å². The smallest absolute Gasteiger partial charge is 0.131 e. The van der Waals surface area contributed by atoms with E-state index in [9.17, 15) is 0 Å². The predicted molar refractivity (Wildman–Crippen MR) is 58.7 cm³/mol. The van der Waals surface area contributed by atoms with Crippen LogP contribution in [0.2, 0.25) is 5.15 Å². The zero-order valence-electron chi connectivity index (χ0n) is 8.21. The van der Waals surface area contributed by atoms with Gasteiger partial charge in [-0.3, -0.25) is 4.98 Å². The Morgan fingerprint density at radius 3 is 2.86 bits per heavy atom. The van der Waals surface area contributed by atoms with Crippen LogP contribution in [-0.4, -0.2) is 9.97 Å². The number of hydrogen-bond acceptors (Lipinski definition) is 2. The van der Waals surface area contributed by atoms with E-state index in [0.717, 1.165) is 23.0 Å². The Labute approximate surface area is 88.0 Å². The lowest BCUT2D eigenvalue weighted by Gasteiger charge is -2.04. The Kier molecular flexibility index (Phi) is 2.38. The number of hydrogen-bond donors (Lipinski definition) is 0. The fraction of sp³-hybridized carbons (Fsp3) is 0.273. The number of pyridine rings is 2. The van der Waals surface area contributed by atoms with Crippen molar-refractivity contribution in [3.63, 3.8) is 0 Å². The summed E-state index contributed by atoms with van der Waals surface area (Å²) in [4.78, 5) is 8.56. The molecule has 0 aliphatic carbocycles. The van der Waals surface area contributed by atoms with E-state index in [1.54, 1.807) is 12.3 Å². The van der Waals surface area contributed by atoms with Crippen LogP contribution in [0.25, 0.3) is 10.9 Å². The molecule has 72 valence electrons. The molecule has 0 saturated heterocycles. The van der Waals surface area contributed by atoms with Gasteiger partial charge >= 0.3 is 0 Å². The number of fused-ring (bicyclic) bond motifs is 1. The number of nitrogens with zero attached hydrogens (tertiary/aromatic N) is 2. The van der Waals surface area contributed by atoms with Crippen molar-refractivity contribution in [2.45, 2.75) is 20.3 Å². The van der Waals surface area contributed by atoms with Gasteiger partial charge in [-0.2, -0.15) is 0 Å². The number of aryl methyl sites for hydroxylation is 2. The molecule has 0 radical (unpaired) electrons. The third-order valence-corrected chi connectivity index (χ3v) is 2.50. The normalized spacial score (nSPS) is 10.8. The van der Waals surface area contributed by atoms with Gasteiger partial charge in [0.1, 0.15) is 5.15 Å². The van der Waals surface area contributed by atoms with Crippen molar-refractivity contribution in [1.82, 2.24) is 9.97 Å². The number of halogens is 1. The summed E-state index contributed by atoms with van der Waals surface area (Å²) in [7, 11) is 0. The molecule has 3 heteroatoms. The van der Waals surface area contributed by atoms with Crippen molar-refractivity contribution in [2.24, 2.45) is 0 Å². The second kappa shape index (κ2) is 3.54. The minimum absolute atomic E-state index is 0.496. The Morgan fingerprint density at radius 2 is 2.14 bits per heavy atom. The maximum Gasteiger partial charge on any atom is 0.131 e. The van der Waals surface area contributed by atoms with Crippen LogP contribution in [-0.2, 0) is 6.42 Å². The van der Waals surface area contributed by atoms with Crippen molar-refractivity contribution < 1.29 is 0 Å². The lowest BCUT2D eigenvalue weighted by Crippen LogP contribution is -1.93. The van der Waals surface area contributed by atoms with Crippen LogP contribution in [0.3, 0.4) is 0 Å². The Morgan fingerprint density at radius 1 is 1.36 bits per heavy atom. The van der Waals surface area contributed by atoms with E-state index in [0.29, 0.717) is 5.15 Å². The van der Waals surface area contributed by atoms with Crippen LogP contribution in [0.15, 0.2) is 18.3 Å². The van der Waals surface area contributed by atoms with Crippen LogP contribution in [0.5, 0.6) is 0 Å². The lowest BCUT2D eigenvalue weighted by atomic mass is 10.1. The van der Waals surface area contributed by atoms with Gasteiger partial charge in [-0.15, -0.1) is 0 Å². The highest BCUT2D eigenvalue weighted by atomic mass is 35.5. The molecule has 14 heavy (non-hydrogen) atoms. The summed E-state index contributed by atoms with van der Waals surface area (Å²) in [6.07, 6.45) is 2.71. The van der Waals surface area contributed by atoms with Gasteiger partial charge in [-0.25, -0.2) is 4.98 Å². The Hall–Kier alpha value is -1.15. The molecule has 0 spiro atoms. The minimum Gasteiger partial charge on any atom is -0.252 e. The first kappa shape index (κ1) is 9.41. The van der Waals surface area contributed by atoms with Gasteiger partial charge in [-0.1, -0.05) is 18.5 Å². The minimum atomic E-state index is 0.496. The molecule has 0 unspecified atom stereocenters. The maximum absolute atomic E-state index is 5.80. The van der Waals surface area contributed by atoms with E-state index in [1.807, 2.05) is 0 Å². The second-order valence-electron chi connectivity index (χ2n) is 3.31. The topological polar surface area (TPSA) is 25.8 Å². The zero-order chi connectivity index (χ0) is 10.1. The average Bonchev–Trinajstić information content (AvgIpc) is 2.17. The van der Waals surface area contributed by atoms with Gasteiger partial charge in [0, 0.05) is 23.3 Å². The van der Waals surface area contributed by atoms with Gasteiger partial charge < -0.3 is 0 Å². The molecule has 2 aromatic heterocycles. The molecule has 2 rings (SSSR count). The first-order valence-corrected chi connectivity index (χ1v) is 5.00. The van der Waals surface area contributed by atoms with Gasteiger partial charge in [0.2, 0.25) is 0 Å². The number of aromatic nitrogens is 2. The van der Waals surface area contributed by atoms with Crippen LogP contribution >= 0.6 is 11.6 Å². The van der Waals surface area contributed by atoms with E-state index in [-0.39, 0.29) is 0 Å². The maximum atomic E-state index is 5.80. The molecule has 0 bridgehead atoms. The standard InChI is InChI=1S/C11H11ClN2/c1-3-9-7(2)4-8-6-13-11(12)5-10(8)14-9/h4-6H,3H2,1-2H3. The molecular weight excluding hydrogens is 196 g/mol. The third-order valence-electron chi connectivity index (χ3n) is 2.30. The van der Waals surface area contributed by atoms with Crippen molar-refractivity contribution in [1.29, 1.82) is 0 Å². The summed E-state index contributed by atoms with van der Waals surface area (Å²) in [5.41, 5.74) is 3.26. The largest absolute Gasteiger partial charge is 0.252 e. The monoisotopic (exact) mass is 206 g/mol. The van der Waals surface area contributed by atoms with E-state index >= 15 is 0 Å². The highest BCUT2D eigenvalue weighted by Gasteiger charge is 2.02. The molecule has 0 fully saturated rings. The zero-order valence-corrected chi connectivity index (χ0v) is 8.97. The molecular formula is C11H11ClN2.